The number of aromatic nitrogens is 3. The molecule has 46 heavy (non-hydrogen) atoms. The summed E-state index contributed by atoms with van der Waals surface area (Å²) in [4.78, 5) is 31.8. The minimum atomic E-state index is -3.31. The van der Waals surface area contributed by atoms with Crippen LogP contribution in [0, 0.1) is 11.7 Å². The van der Waals surface area contributed by atoms with E-state index in [2.05, 4.69) is 43.9 Å². The fourth-order valence-electron chi connectivity index (χ4n) is 6.44. The van der Waals surface area contributed by atoms with Crippen molar-refractivity contribution in [1.29, 1.82) is 0 Å². The van der Waals surface area contributed by atoms with E-state index < -0.39 is 29.3 Å². The molecular formula is C33H44F3N7O3. The predicted octanol–water partition coefficient (Wildman–Crippen LogP) is 5.37. The first-order chi connectivity index (χ1) is 21.9. The number of carbonyl (C=O) groups excluding carboxylic acids is 1. The van der Waals surface area contributed by atoms with Crippen LogP contribution in [0.4, 0.5) is 24.7 Å². The van der Waals surface area contributed by atoms with Crippen LogP contribution in [0.3, 0.4) is 0 Å². The number of fused-ring (bicyclic) bond motifs is 1. The molecule has 2 aliphatic heterocycles. The van der Waals surface area contributed by atoms with Crippen molar-refractivity contribution in [1.82, 2.24) is 24.8 Å². The molecule has 1 N–H and O–H groups in total. The lowest BCUT2D eigenvalue weighted by Gasteiger charge is -2.38. The van der Waals surface area contributed by atoms with Gasteiger partial charge in [-0.2, -0.15) is 4.98 Å². The highest BCUT2D eigenvalue weighted by Crippen LogP contribution is 2.44. The SMILES string of the molecule is COCc1nc(N[C@H](C)c2cccc(C(F)(F)C3CCN(C(C)C)CC3)c2F)c2cc(N3CCN(C(C)=O)CC3)c(OC)nc2n1. The van der Waals surface area contributed by atoms with E-state index in [0.29, 0.717) is 86.4 Å². The number of nitrogens with zero attached hydrogens (tertiary/aromatic N) is 6. The Morgan fingerprint density at radius 2 is 1.74 bits per heavy atom. The van der Waals surface area contributed by atoms with Crippen molar-refractivity contribution >= 4 is 28.4 Å². The molecule has 3 aromatic rings. The zero-order chi connectivity index (χ0) is 33.2. The molecule has 0 saturated carbocycles. The average Bonchev–Trinajstić information content (AvgIpc) is 3.04. The average molecular weight is 644 g/mol. The Labute approximate surface area is 268 Å². The Morgan fingerprint density at radius 1 is 1.04 bits per heavy atom. The van der Waals surface area contributed by atoms with Gasteiger partial charge in [0.15, 0.2) is 11.5 Å². The highest BCUT2D eigenvalue weighted by Gasteiger charge is 2.45. The summed E-state index contributed by atoms with van der Waals surface area (Å²) in [6.07, 6.45) is 0.612. The number of nitrogens with one attached hydrogen (secondary N) is 1. The van der Waals surface area contributed by atoms with Crippen LogP contribution < -0.4 is 15.0 Å². The Balaban J connectivity index is 1.46. The lowest BCUT2D eigenvalue weighted by Crippen LogP contribution is -2.48. The van der Waals surface area contributed by atoms with Crippen LogP contribution in [0.25, 0.3) is 11.0 Å². The van der Waals surface area contributed by atoms with Gasteiger partial charge in [-0.05, 0) is 52.8 Å². The highest BCUT2D eigenvalue weighted by atomic mass is 19.3. The molecule has 0 bridgehead atoms. The second-order valence-corrected chi connectivity index (χ2v) is 12.4. The van der Waals surface area contributed by atoms with Gasteiger partial charge in [0, 0.05) is 57.7 Å². The van der Waals surface area contributed by atoms with E-state index >= 15 is 13.2 Å². The number of rotatable bonds is 10. The lowest BCUT2D eigenvalue weighted by atomic mass is 9.85. The number of hydrogen-bond donors (Lipinski definition) is 1. The van der Waals surface area contributed by atoms with Crippen LogP contribution in [-0.4, -0.2) is 90.2 Å². The third kappa shape index (κ3) is 6.85. The summed E-state index contributed by atoms with van der Waals surface area (Å²) in [5.74, 6) is -4.07. The van der Waals surface area contributed by atoms with Crippen molar-refractivity contribution in [2.75, 3.05) is 63.7 Å². The van der Waals surface area contributed by atoms with Gasteiger partial charge in [0.1, 0.15) is 23.9 Å². The standard InChI is InChI=1S/C33H44F3N7O3/c1-20(2)41-12-10-23(11-13-41)33(35,36)26-9-7-8-24(29(26)34)21(3)37-30-25-18-27(43-16-14-42(15-17-43)22(4)44)32(46-6)40-31(25)39-28(38-30)19-45-5/h7-9,18,20-21,23H,10-17,19H2,1-6H3,(H,37,38,39,40)/t21-/m1/s1. The molecule has 10 nitrogen and oxygen atoms in total. The zero-order valence-corrected chi connectivity index (χ0v) is 27.4. The quantitative estimate of drug-likeness (QED) is 0.313. The summed E-state index contributed by atoms with van der Waals surface area (Å²) in [7, 11) is 3.05. The zero-order valence-electron chi connectivity index (χ0n) is 27.4. The predicted molar refractivity (Wildman–Crippen MR) is 171 cm³/mol. The number of pyridine rings is 1. The number of piperidine rings is 1. The second kappa shape index (κ2) is 14.0. The number of hydrogen-bond acceptors (Lipinski definition) is 9. The van der Waals surface area contributed by atoms with Gasteiger partial charge in [-0.15, -0.1) is 0 Å². The Kier molecular flexibility index (Phi) is 10.2. The maximum Gasteiger partial charge on any atom is 0.278 e. The second-order valence-electron chi connectivity index (χ2n) is 12.4. The van der Waals surface area contributed by atoms with Gasteiger partial charge in [-0.25, -0.2) is 23.1 Å². The molecule has 5 rings (SSSR count). The van der Waals surface area contributed by atoms with Crippen LogP contribution in [0.5, 0.6) is 5.88 Å². The van der Waals surface area contributed by atoms with Crippen molar-refractivity contribution < 1.29 is 27.4 Å². The summed E-state index contributed by atoms with van der Waals surface area (Å²) in [6, 6.07) is 5.63. The minimum absolute atomic E-state index is 0.0216. The van der Waals surface area contributed by atoms with E-state index in [0.717, 1.165) is 0 Å². The third-order valence-electron chi connectivity index (χ3n) is 9.19. The monoisotopic (exact) mass is 643 g/mol. The number of ether oxygens (including phenoxy) is 2. The normalized spacial score (nSPS) is 17.5. The first-order valence-corrected chi connectivity index (χ1v) is 15.9. The molecule has 2 aliphatic rings. The van der Waals surface area contributed by atoms with E-state index in [1.165, 1.54) is 32.4 Å². The molecule has 0 radical (unpaired) electrons. The number of carbonyl (C=O) groups is 1. The molecule has 0 spiro atoms. The van der Waals surface area contributed by atoms with E-state index in [1.807, 2.05) is 6.07 Å². The maximum absolute atomic E-state index is 16.0. The summed E-state index contributed by atoms with van der Waals surface area (Å²) in [6.45, 7) is 10.9. The van der Waals surface area contributed by atoms with Gasteiger partial charge in [-0.3, -0.25) is 4.79 Å². The van der Waals surface area contributed by atoms with Crippen LogP contribution in [0.15, 0.2) is 24.3 Å². The first-order valence-electron chi connectivity index (χ1n) is 15.9. The summed E-state index contributed by atoms with van der Waals surface area (Å²) in [5, 5.41) is 3.81. The van der Waals surface area contributed by atoms with Crippen molar-refractivity contribution in [2.45, 2.75) is 65.1 Å². The minimum Gasteiger partial charge on any atom is -0.479 e. The molecule has 0 unspecified atom stereocenters. The molecule has 2 saturated heterocycles. The number of benzene rings is 1. The van der Waals surface area contributed by atoms with Gasteiger partial charge in [0.25, 0.3) is 5.92 Å². The van der Waals surface area contributed by atoms with Gasteiger partial charge in [0.2, 0.25) is 11.8 Å². The van der Waals surface area contributed by atoms with E-state index in [-0.39, 0.29) is 24.1 Å². The van der Waals surface area contributed by atoms with Crippen molar-refractivity contribution in [3.8, 4) is 5.88 Å². The Bertz CT molecular complexity index is 1540. The number of likely N-dealkylation sites (tertiary alicyclic amines) is 1. The molecular weight excluding hydrogens is 599 g/mol. The fraction of sp³-hybridized carbons (Fsp3) is 0.576. The largest absolute Gasteiger partial charge is 0.479 e. The topological polar surface area (TPSA) is 96.0 Å². The summed E-state index contributed by atoms with van der Waals surface area (Å²) < 4.78 is 58.6. The maximum atomic E-state index is 16.0. The van der Waals surface area contributed by atoms with E-state index in [4.69, 9.17) is 9.47 Å². The van der Waals surface area contributed by atoms with Crippen LogP contribution in [-0.2, 0) is 22.1 Å². The molecule has 2 aromatic heterocycles. The van der Waals surface area contributed by atoms with Crippen LogP contribution >= 0.6 is 0 Å². The van der Waals surface area contributed by atoms with E-state index in [9.17, 15) is 4.79 Å². The molecule has 250 valence electrons. The lowest BCUT2D eigenvalue weighted by molar-refractivity contribution is -0.129. The van der Waals surface area contributed by atoms with Gasteiger partial charge < -0.3 is 29.5 Å². The summed E-state index contributed by atoms with van der Waals surface area (Å²) in [5.41, 5.74) is 0.577. The highest BCUT2D eigenvalue weighted by molar-refractivity contribution is 5.90. The third-order valence-corrected chi connectivity index (χ3v) is 9.19. The molecule has 4 heterocycles. The van der Waals surface area contributed by atoms with Crippen LogP contribution in [0.1, 0.15) is 63.5 Å². The number of amides is 1. The van der Waals surface area contributed by atoms with Gasteiger partial charge in [-0.1, -0.05) is 18.2 Å². The Morgan fingerprint density at radius 3 is 2.35 bits per heavy atom. The number of halogens is 3. The van der Waals surface area contributed by atoms with Crippen LogP contribution in [0.2, 0.25) is 0 Å². The number of piperazine rings is 1. The van der Waals surface area contributed by atoms with Gasteiger partial charge >= 0.3 is 0 Å². The van der Waals surface area contributed by atoms with E-state index in [1.54, 1.807) is 18.7 Å². The smallest absolute Gasteiger partial charge is 0.278 e. The molecule has 13 heteroatoms. The van der Waals surface area contributed by atoms with Crippen molar-refractivity contribution in [3.63, 3.8) is 0 Å². The Hall–Kier alpha value is -3.71. The molecule has 2 fully saturated rings. The molecule has 1 aromatic carbocycles. The first kappa shape index (κ1) is 33.6. The molecule has 0 aliphatic carbocycles. The van der Waals surface area contributed by atoms with Crippen molar-refractivity contribution in [3.05, 3.63) is 47.0 Å². The summed E-state index contributed by atoms with van der Waals surface area (Å²) >= 11 is 0. The molecule has 1 atom stereocenters. The number of anilines is 2. The number of alkyl halides is 2. The van der Waals surface area contributed by atoms with Crippen molar-refractivity contribution in [2.24, 2.45) is 5.92 Å². The number of methoxy groups -OCH3 is 2. The fourth-order valence-corrected chi connectivity index (χ4v) is 6.44. The molecule has 1 amide bonds. The van der Waals surface area contributed by atoms with Gasteiger partial charge in [0.05, 0.1) is 24.1 Å².